The van der Waals surface area contributed by atoms with Gasteiger partial charge < -0.3 is 14.9 Å². The lowest BCUT2D eigenvalue weighted by Crippen LogP contribution is -2.51. The Hall–Kier alpha value is -0.870. The molecular formula is C21H32O4. The summed E-state index contributed by atoms with van der Waals surface area (Å²) in [6.07, 6.45) is 11.1. The number of carboxylic acid groups (broad SMARTS) is 1. The first-order valence-electron chi connectivity index (χ1n) is 10.1. The van der Waals surface area contributed by atoms with Crippen molar-refractivity contribution in [3.63, 3.8) is 0 Å². The fourth-order valence-electron chi connectivity index (χ4n) is 6.98. The number of aliphatic hydroxyl groups excluding tert-OH is 1. The lowest BCUT2D eigenvalue weighted by molar-refractivity contribution is -0.144. The van der Waals surface area contributed by atoms with Crippen molar-refractivity contribution in [3.05, 3.63) is 11.6 Å². The van der Waals surface area contributed by atoms with E-state index in [1.807, 2.05) is 0 Å². The lowest BCUT2D eigenvalue weighted by Gasteiger charge is -2.58. The van der Waals surface area contributed by atoms with E-state index in [9.17, 15) is 9.90 Å². The molecule has 0 spiro atoms. The second-order valence-electron chi connectivity index (χ2n) is 9.44. The highest BCUT2D eigenvalue weighted by Crippen LogP contribution is 2.65. The molecular weight excluding hydrogens is 316 g/mol. The highest BCUT2D eigenvalue weighted by Gasteiger charge is 2.58. The minimum absolute atomic E-state index is 0.0297. The average molecular weight is 348 g/mol. The molecule has 25 heavy (non-hydrogen) atoms. The Morgan fingerprint density at radius 3 is 2.72 bits per heavy atom. The van der Waals surface area contributed by atoms with Gasteiger partial charge >= 0.3 is 5.97 Å². The Morgan fingerprint density at radius 2 is 1.96 bits per heavy atom. The van der Waals surface area contributed by atoms with E-state index in [0.29, 0.717) is 5.92 Å². The van der Waals surface area contributed by atoms with Crippen LogP contribution in [0.25, 0.3) is 0 Å². The molecule has 4 rings (SSSR count). The van der Waals surface area contributed by atoms with Gasteiger partial charge in [-0.3, -0.25) is 0 Å². The molecule has 3 fully saturated rings. The summed E-state index contributed by atoms with van der Waals surface area (Å²) >= 11 is 0. The monoisotopic (exact) mass is 348 g/mol. The molecule has 4 heteroatoms. The van der Waals surface area contributed by atoms with Crippen LogP contribution < -0.4 is 0 Å². The summed E-state index contributed by atoms with van der Waals surface area (Å²) in [4.78, 5) is 10.8. The summed E-state index contributed by atoms with van der Waals surface area (Å²) < 4.78 is 5.56. The predicted octanol–water partition coefficient (Wildman–Crippen LogP) is 3.78. The van der Waals surface area contributed by atoms with Gasteiger partial charge in [0.2, 0.25) is 0 Å². The fraction of sp³-hybridized carbons (Fsp3) is 0.857. The first-order chi connectivity index (χ1) is 11.8. The fourth-order valence-corrected chi connectivity index (χ4v) is 6.98. The van der Waals surface area contributed by atoms with E-state index < -0.39 is 5.97 Å². The number of carbonyl (C=O) groups is 1. The number of hydrogen-bond donors (Lipinski definition) is 2. The van der Waals surface area contributed by atoms with Crippen LogP contribution in [0, 0.1) is 28.6 Å². The maximum atomic E-state index is 10.8. The van der Waals surface area contributed by atoms with E-state index in [-0.39, 0.29) is 29.6 Å². The number of hydrogen-bond acceptors (Lipinski definition) is 3. The van der Waals surface area contributed by atoms with Crippen molar-refractivity contribution in [3.8, 4) is 0 Å². The summed E-state index contributed by atoms with van der Waals surface area (Å²) in [6.45, 7) is 4.57. The maximum Gasteiger partial charge on any atom is 0.329 e. The van der Waals surface area contributed by atoms with Crippen molar-refractivity contribution >= 4 is 5.97 Å². The van der Waals surface area contributed by atoms with E-state index >= 15 is 0 Å². The van der Waals surface area contributed by atoms with Gasteiger partial charge in [0, 0.05) is 0 Å². The highest BCUT2D eigenvalue weighted by molar-refractivity contribution is 5.68. The molecule has 4 nitrogen and oxygen atoms in total. The molecule has 0 saturated heterocycles. The molecule has 0 aromatic carbocycles. The van der Waals surface area contributed by atoms with Crippen molar-refractivity contribution in [1.82, 2.24) is 0 Å². The molecule has 0 radical (unpaired) electrons. The quantitative estimate of drug-likeness (QED) is 0.762. The van der Waals surface area contributed by atoms with Crippen molar-refractivity contribution in [2.45, 2.75) is 77.4 Å². The van der Waals surface area contributed by atoms with Crippen LogP contribution in [-0.2, 0) is 9.53 Å². The normalized spacial score (nSPS) is 48.9. The summed E-state index contributed by atoms with van der Waals surface area (Å²) in [5.41, 5.74) is 1.90. The lowest BCUT2D eigenvalue weighted by atomic mass is 9.47. The van der Waals surface area contributed by atoms with Crippen LogP contribution in [0.3, 0.4) is 0 Å². The third-order valence-corrected chi connectivity index (χ3v) is 8.44. The van der Waals surface area contributed by atoms with Crippen molar-refractivity contribution in [2.75, 3.05) is 6.61 Å². The van der Waals surface area contributed by atoms with Gasteiger partial charge in [-0.05, 0) is 80.0 Å². The van der Waals surface area contributed by atoms with Crippen molar-refractivity contribution in [1.29, 1.82) is 0 Å². The van der Waals surface area contributed by atoms with Gasteiger partial charge in [0.05, 0.1) is 12.2 Å². The summed E-state index contributed by atoms with van der Waals surface area (Å²) in [6, 6.07) is 0. The number of rotatable bonds is 3. The van der Waals surface area contributed by atoms with Gasteiger partial charge in [0.15, 0.2) is 0 Å². The molecule has 7 atom stereocenters. The van der Waals surface area contributed by atoms with Gasteiger partial charge in [-0.2, -0.15) is 0 Å². The second kappa shape index (κ2) is 6.09. The van der Waals surface area contributed by atoms with Gasteiger partial charge in [0.25, 0.3) is 0 Å². The van der Waals surface area contributed by atoms with E-state index in [1.54, 1.807) is 0 Å². The second-order valence-corrected chi connectivity index (χ2v) is 9.44. The molecule has 2 N–H and O–H groups in total. The molecule has 140 valence electrons. The van der Waals surface area contributed by atoms with Gasteiger partial charge in [-0.25, -0.2) is 4.79 Å². The van der Waals surface area contributed by atoms with E-state index in [4.69, 9.17) is 9.84 Å². The zero-order valence-corrected chi connectivity index (χ0v) is 15.5. The number of ether oxygens (including phenoxy) is 1. The smallest absolute Gasteiger partial charge is 0.329 e. The van der Waals surface area contributed by atoms with Crippen molar-refractivity contribution < 1.29 is 19.7 Å². The largest absolute Gasteiger partial charge is 0.480 e. The van der Waals surface area contributed by atoms with E-state index in [2.05, 4.69) is 19.9 Å². The van der Waals surface area contributed by atoms with Crippen LogP contribution in [0.1, 0.15) is 65.2 Å². The zero-order chi connectivity index (χ0) is 17.8. The van der Waals surface area contributed by atoms with Crippen LogP contribution in [0.2, 0.25) is 0 Å². The number of carboxylic acids is 1. The molecule has 0 unspecified atom stereocenters. The SMILES string of the molecule is C[C@]12CC[C@H]3[C@@H](CCC4=C[C@H](OCC(=O)O)CC[C@@]43C)[C@@H]1CC[C@@H]2O. The molecule has 0 heterocycles. The summed E-state index contributed by atoms with van der Waals surface area (Å²) in [5, 5.41) is 19.4. The Bertz CT molecular complexity index is 584. The predicted molar refractivity (Wildman–Crippen MR) is 95.1 cm³/mol. The average Bonchev–Trinajstić information content (AvgIpc) is 2.88. The topological polar surface area (TPSA) is 66.8 Å². The minimum atomic E-state index is -0.887. The van der Waals surface area contributed by atoms with Crippen molar-refractivity contribution in [2.24, 2.45) is 28.6 Å². The number of allylic oxidation sites excluding steroid dienone is 1. The van der Waals surface area contributed by atoms with Crippen LogP contribution in [0.5, 0.6) is 0 Å². The highest BCUT2D eigenvalue weighted by atomic mass is 16.5. The maximum absolute atomic E-state index is 10.8. The van der Waals surface area contributed by atoms with Crippen LogP contribution in [0.4, 0.5) is 0 Å². The van der Waals surface area contributed by atoms with Gasteiger partial charge in [0.1, 0.15) is 6.61 Å². The number of aliphatic carboxylic acids is 1. The first-order valence-corrected chi connectivity index (χ1v) is 10.1. The standard InChI is InChI=1S/C21H32O4/c1-20-9-7-14(25-12-19(23)24)11-13(20)3-4-15-16-5-6-18(22)21(16,2)10-8-17(15)20/h11,14-18,22H,3-10,12H2,1-2H3,(H,23,24)/t14-,15+,16+,17+,18+,20+,21+/m1/s1. The summed E-state index contributed by atoms with van der Waals surface area (Å²) in [7, 11) is 0. The zero-order valence-electron chi connectivity index (χ0n) is 15.5. The molecule has 4 aliphatic rings. The van der Waals surface area contributed by atoms with Crippen LogP contribution in [0.15, 0.2) is 11.6 Å². The summed E-state index contributed by atoms with van der Waals surface area (Å²) in [5.74, 6) is 1.26. The van der Waals surface area contributed by atoms with Gasteiger partial charge in [-0.1, -0.05) is 25.5 Å². The third kappa shape index (κ3) is 2.68. The van der Waals surface area contributed by atoms with Crippen LogP contribution >= 0.6 is 0 Å². The Balaban J connectivity index is 1.55. The molecule has 0 amide bonds. The van der Waals surface area contributed by atoms with Crippen LogP contribution in [-0.4, -0.2) is 35.0 Å². The molecule has 3 saturated carbocycles. The Morgan fingerprint density at radius 1 is 1.16 bits per heavy atom. The number of aliphatic hydroxyl groups is 1. The molecule has 0 bridgehead atoms. The minimum Gasteiger partial charge on any atom is -0.480 e. The first kappa shape index (κ1) is 17.5. The molecule has 0 aromatic heterocycles. The molecule has 4 aliphatic carbocycles. The Labute approximate surface area is 150 Å². The molecule has 0 aromatic rings. The van der Waals surface area contributed by atoms with Gasteiger partial charge in [-0.15, -0.1) is 0 Å². The third-order valence-electron chi connectivity index (χ3n) is 8.44. The van der Waals surface area contributed by atoms with E-state index in [1.165, 1.54) is 24.8 Å². The Kier molecular flexibility index (Phi) is 4.27. The van der Waals surface area contributed by atoms with E-state index in [0.717, 1.165) is 43.9 Å². The number of fused-ring (bicyclic) bond motifs is 5. The molecule has 0 aliphatic heterocycles.